The maximum Gasteiger partial charge on any atom is 0.355 e. The molecule has 2 aromatic heterocycles. The summed E-state index contributed by atoms with van der Waals surface area (Å²) in [6.45, 7) is 0. The molecule has 0 bridgehead atoms. The molecule has 2 heterocycles. The van der Waals surface area contributed by atoms with Crippen molar-refractivity contribution >= 4 is 28.3 Å². The minimum absolute atomic E-state index is 0. The van der Waals surface area contributed by atoms with E-state index < -0.39 is 22.8 Å². The van der Waals surface area contributed by atoms with Gasteiger partial charge >= 0.3 is 5.97 Å². The van der Waals surface area contributed by atoms with Gasteiger partial charge in [0.05, 0.1) is 11.4 Å². The third-order valence-corrected chi connectivity index (χ3v) is 9.93. The molecular formula is C33H30F2N4O4S2. The number of halogens is 2. The first-order valence-corrected chi connectivity index (χ1v) is 16.7. The summed E-state index contributed by atoms with van der Waals surface area (Å²) in [6, 6.07) is 17.7. The third kappa shape index (κ3) is 6.36. The lowest BCUT2D eigenvalue weighted by Crippen LogP contribution is -2.07. The van der Waals surface area contributed by atoms with Gasteiger partial charge in [-0.15, -0.1) is 16.5 Å². The molecule has 0 spiro atoms. The summed E-state index contributed by atoms with van der Waals surface area (Å²) in [6.07, 6.45) is 5.20. The minimum atomic E-state index is -2.32. The van der Waals surface area contributed by atoms with Crippen molar-refractivity contribution in [1.29, 1.82) is 0 Å². The van der Waals surface area contributed by atoms with Gasteiger partial charge in [0.1, 0.15) is 5.82 Å². The minimum Gasteiger partial charge on any atom is -0.870 e. The zero-order chi connectivity index (χ0) is 30.5. The first-order chi connectivity index (χ1) is 21.2. The number of hydrogen-bond donors (Lipinski definition) is 2. The number of carboxylic acids is 1. The van der Waals surface area contributed by atoms with Crippen molar-refractivity contribution in [2.45, 2.75) is 49.3 Å². The first-order valence-electron chi connectivity index (χ1n) is 14.5. The van der Waals surface area contributed by atoms with E-state index in [0.29, 0.717) is 41.1 Å². The van der Waals surface area contributed by atoms with E-state index in [1.54, 1.807) is 16.8 Å². The van der Waals surface area contributed by atoms with E-state index in [1.807, 2.05) is 36.4 Å². The van der Waals surface area contributed by atoms with E-state index >= 15 is 0 Å². The van der Waals surface area contributed by atoms with Crippen molar-refractivity contribution in [3.05, 3.63) is 106 Å². The zero-order valence-electron chi connectivity index (χ0n) is 24.0. The van der Waals surface area contributed by atoms with Gasteiger partial charge in [-0.25, -0.2) is 23.2 Å². The smallest absolute Gasteiger partial charge is 0.355 e. The Kier molecular flexibility index (Phi) is 8.49. The molecule has 5 aromatic rings. The predicted octanol–water partition coefficient (Wildman–Crippen LogP) is 6.81. The van der Waals surface area contributed by atoms with Gasteiger partial charge in [-0.2, -0.15) is 5.10 Å². The number of carbonyl (C=O) groups is 1. The van der Waals surface area contributed by atoms with Crippen LogP contribution in [0.25, 0.3) is 27.5 Å². The molecule has 4 N–H and O–H groups in total. The summed E-state index contributed by atoms with van der Waals surface area (Å²) in [5.41, 5.74) is 6.13. The van der Waals surface area contributed by atoms with E-state index in [9.17, 15) is 22.9 Å². The van der Waals surface area contributed by atoms with Crippen LogP contribution in [0.2, 0.25) is 0 Å². The summed E-state index contributed by atoms with van der Waals surface area (Å²) >= 11 is 1.19. The second kappa shape index (κ2) is 12.4. The van der Waals surface area contributed by atoms with Gasteiger partial charge in [0, 0.05) is 22.9 Å². The maximum absolute atomic E-state index is 15.0. The molecule has 2 fully saturated rings. The molecule has 232 valence electrons. The first kappa shape index (κ1) is 30.9. The lowest BCUT2D eigenvalue weighted by Gasteiger charge is -2.10. The van der Waals surface area contributed by atoms with Crippen molar-refractivity contribution in [2.75, 3.05) is 0 Å². The van der Waals surface area contributed by atoms with Crippen molar-refractivity contribution < 1.29 is 28.4 Å². The standard InChI is InChI=1S/C33H28F2N4O3S2.H2O/c34-26-16-22(9-10-24(26)20-7-8-20)21-2-1-3-23(15-21)31-25(12-19-6-11-30(44(36)42)27(35)13-19)29(14-18-4-5-18)39(38-31)33-37-28(17-43-33)32(40)41;/h1-3,6,9-11,13,15-18,20H,4-5,7-8,12,14H2,(H2,36,42)(H,40,41);1H2. The molecule has 1 unspecified atom stereocenters. The average Bonchev–Trinajstić information content (AvgIpc) is 3.93. The molecule has 45 heavy (non-hydrogen) atoms. The van der Waals surface area contributed by atoms with Gasteiger partial charge in [-0.3, -0.25) is 0 Å². The van der Waals surface area contributed by atoms with E-state index in [1.165, 1.54) is 28.8 Å². The molecule has 0 aliphatic heterocycles. The van der Waals surface area contributed by atoms with Crippen LogP contribution in [-0.4, -0.2) is 31.3 Å². The molecule has 8 nitrogen and oxygen atoms in total. The Labute approximate surface area is 264 Å². The molecule has 2 aliphatic rings. The highest BCUT2D eigenvalue weighted by Crippen LogP contribution is 2.42. The van der Waals surface area contributed by atoms with Crippen LogP contribution in [0.5, 0.6) is 0 Å². The van der Waals surface area contributed by atoms with Gasteiger partial charge in [0.25, 0.3) is 0 Å². The Morgan fingerprint density at radius 3 is 2.40 bits per heavy atom. The molecule has 12 heteroatoms. The Morgan fingerprint density at radius 2 is 1.76 bits per heavy atom. The fourth-order valence-electron chi connectivity index (χ4n) is 5.65. The van der Waals surface area contributed by atoms with Gasteiger partial charge in [-0.05, 0) is 90.5 Å². The van der Waals surface area contributed by atoms with Gasteiger partial charge in [0.2, 0.25) is 10.0 Å². The number of aromatic carboxylic acids is 1. The van der Waals surface area contributed by atoms with Crippen LogP contribution in [0.3, 0.4) is 0 Å². The van der Waals surface area contributed by atoms with Gasteiger partial charge in [0.15, 0.2) is 22.5 Å². The summed E-state index contributed by atoms with van der Waals surface area (Å²) in [4.78, 5) is 16.0. The second-order valence-corrected chi connectivity index (χ2v) is 13.5. The Balaban J connectivity index is 0.00000357. The number of nitrogens with two attached hydrogens (primary N) is 1. The van der Waals surface area contributed by atoms with Crippen LogP contribution in [0.1, 0.15) is 64.5 Å². The highest BCUT2D eigenvalue weighted by Gasteiger charge is 2.30. The molecule has 0 radical (unpaired) electrons. The Morgan fingerprint density at radius 1 is 1.00 bits per heavy atom. The fraction of sp³-hybridized carbons (Fsp3) is 0.242. The normalized spacial score (nSPS) is 15.1. The lowest BCUT2D eigenvalue weighted by atomic mass is 9.94. The molecule has 0 amide bonds. The monoisotopic (exact) mass is 648 g/mol. The second-order valence-electron chi connectivity index (χ2n) is 11.5. The van der Waals surface area contributed by atoms with Gasteiger partial charge in [-0.1, -0.05) is 40.6 Å². The van der Waals surface area contributed by atoms with Crippen LogP contribution < -0.4 is 5.14 Å². The molecule has 2 saturated carbocycles. The summed E-state index contributed by atoms with van der Waals surface area (Å²) in [5.74, 6) is -1.19. The molecule has 0 saturated heterocycles. The maximum atomic E-state index is 15.0. The highest BCUT2D eigenvalue weighted by atomic mass is 32.2. The topological polar surface area (TPSA) is 141 Å². The number of rotatable bonds is 10. The average molecular weight is 649 g/mol. The van der Waals surface area contributed by atoms with Crippen molar-refractivity contribution in [3.8, 4) is 27.5 Å². The number of hydrogen-bond acceptors (Lipinski definition) is 6. The van der Waals surface area contributed by atoms with Crippen LogP contribution in [0.15, 0.2) is 70.9 Å². The summed E-state index contributed by atoms with van der Waals surface area (Å²) in [7, 11) is -2.32. The van der Waals surface area contributed by atoms with E-state index in [2.05, 4.69) is 4.98 Å². The zero-order valence-corrected chi connectivity index (χ0v) is 25.7. The Bertz CT molecular complexity index is 1950. The molecule has 7 rings (SSSR count). The summed E-state index contributed by atoms with van der Waals surface area (Å²) < 4.78 is 43.4. The number of carboxylic acid groups (broad SMARTS) is 1. The van der Waals surface area contributed by atoms with Crippen LogP contribution in [0.4, 0.5) is 8.78 Å². The number of aromatic nitrogens is 3. The number of thiazole rings is 1. The van der Waals surface area contributed by atoms with Crippen LogP contribution >= 0.6 is 11.3 Å². The van der Waals surface area contributed by atoms with E-state index in [0.717, 1.165) is 59.2 Å². The number of benzene rings is 3. The van der Waals surface area contributed by atoms with E-state index in [-0.39, 0.29) is 21.9 Å². The number of thiol groups is 1. The van der Waals surface area contributed by atoms with Gasteiger partial charge < -0.3 is 10.6 Å². The van der Waals surface area contributed by atoms with Crippen LogP contribution in [0, 0.1) is 17.6 Å². The van der Waals surface area contributed by atoms with Crippen molar-refractivity contribution in [3.63, 3.8) is 0 Å². The molecule has 3 aromatic carbocycles. The number of nitrogens with zero attached hydrogens (tertiary/aromatic N) is 3. The quantitative estimate of drug-likeness (QED) is 0.126. The third-order valence-electron chi connectivity index (χ3n) is 8.28. The summed E-state index contributed by atoms with van der Waals surface area (Å²) in [5, 5.41) is 21.9. The molecular weight excluding hydrogens is 619 g/mol. The van der Waals surface area contributed by atoms with Crippen LogP contribution in [-0.2, 0) is 28.0 Å². The Hall–Kier alpha value is -4.10. The lowest BCUT2D eigenvalue weighted by molar-refractivity contribution is 0.0691. The molecule has 1 atom stereocenters. The van der Waals surface area contributed by atoms with Crippen molar-refractivity contribution in [1.82, 2.24) is 14.8 Å². The largest absolute Gasteiger partial charge is 0.870 e. The fourth-order valence-corrected chi connectivity index (χ4v) is 6.92. The SMILES string of the molecule is N[SH+](=O)c1ccc(Cc2c(-c3cccc(-c4ccc(C5CC5)c(F)c4)c3)nn(-c3nc(C(=O)O)cs3)c2CC2CC2)cc1F.[OH-]. The van der Waals surface area contributed by atoms with E-state index in [4.69, 9.17) is 10.2 Å². The molecule has 2 aliphatic carbocycles. The predicted molar refractivity (Wildman–Crippen MR) is 168 cm³/mol. The van der Waals surface area contributed by atoms with Crippen molar-refractivity contribution in [2.24, 2.45) is 11.1 Å². The highest BCUT2D eigenvalue weighted by molar-refractivity contribution is 7.82.